The van der Waals surface area contributed by atoms with Gasteiger partial charge in [0, 0.05) is 42.7 Å². The van der Waals surface area contributed by atoms with E-state index in [1.54, 1.807) is 12.1 Å². The van der Waals surface area contributed by atoms with Gasteiger partial charge in [-0.2, -0.15) is 13.2 Å². The van der Waals surface area contributed by atoms with Crippen LogP contribution in [-0.2, 0) is 16.1 Å². The van der Waals surface area contributed by atoms with Crippen molar-refractivity contribution in [2.45, 2.75) is 69.4 Å². The van der Waals surface area contributed by atoms with Crippen molar-refractivity contribution < 1.29 is 41.4 Å². The maximum Gasteiger partial charge on any atom is 0.490 e. The minimum Gasteiger partial charge on any atom is -0.475 e. The average Bonchev–Trinajstić information content (AvgIpc) is 3.07. The van der Waals surface area contributed by atoms with Crippen molar-refractivity contribution in [2.24, 2.45) is 0 Å². The molecule has 2 bridgehead atoms. The number of carboxylic acids is 1. The van der Waals surface area contributed by atoms with E-state index in [1.807, 2.05) is 0 Å². The van der Waals surface area contributed by atoms with Crippen LogP contribution in [0.4, 0.5) is 22.0 Å². The van der Waals surface area contributed by atoms with Gasteiger partial charge < -0.3 is 19.3 Å². The standard InChI is InChI=1S/C19H23F2N3O2.C2HF3O2/c1-23-12-4-2-5-13(23)9-14(8-12)26-19(25)16-10-24(11-17(20)21)18-15(16)6-3-7-22-18;3-2(4,5)1(6)7/h3,6-7,10,12-14,17H,2,4-5,8-9,11H2,1H3;(H,6,7). The molecule has 2 aliphatic heterocycles. The normalized spacial score (nSPS) is 23.2. The van der Waals surface area contributed by atoms with Crippen molar-refractivity contribution in [3.8, 4) is 0 Å². The molecule has 2 saturated heterocycles. The number of nitrogens with zero attached hydrogens (tertiary/aromatic N) is 3. The van der Waals surface area contributed by atoms with Crippen molar-refractivity contribution in [1.82, 2.24) is 14.5 Å². The Morgan fingerprint density at radius 3 is 2.39 bits per heavy atom. The van der Waals surface area contributed by atoms with Gasteiger partial charge in [-0.05, 0) is 32.0 Å². The Balaban J connectivity index is 0.000000383. The molecule has 2 aromatic heterocycles. The van der Waals surface area contributed by atoms with Crippen molar-refractivity contribution >= 4 is 23.0 Å². The molecule has 1 N–H and O–H groups in total. The number of esters is 1. The molecule has 0 saturated carbocycles. The summed E-state index contributed by atoms with van der Waals surface area (Å²) in [6, 6.07) is 4.35. The number of rotatable bonds is 4. The zero-order valence-electron chi connectivity index (χ0n) is 17.8. The summed E-state index contributed by atoms with van der Waals surface area (Å²) < 4.78 is 64.5. The zero-order valence-corrected chi connectivity index (χ0v) is 17.8. The third-order valence-corrected chi connectivity index (χ3v) is 6.00. The second-order valence-corrected chi connectivity index (χ2v) is 8.17. The number of carbonyl (C=O) groups is 2. The Morgan fingerprint density at radius 1 is 1.24 bits per heavy atom. The maximum absolute atomic E-state index is 12.8. The molecule has 2 aromatic rings. The number of hydrogen-bond acceptors (Lipinski definition) is 5. The monoisotopic (exact) mass is 477 g/mol. The number of aromatic nitrogens is 2. The maximum atomic E-state index is 12.8. The first-order chi connectivity index (χ1) is 15.5. The first-order valence-electron chi connectivity index (χ1n) is 10.4. The number of halogens is 5. The zero-order chi connectivity index (χ0) is 24.3. The number of aliphatic carboxylic acids is 1. The topological polar surface area (TPSA) is 84.7 Å². The van der Waals surface area contributed by atoms with Crippen LogP contribution in [0.5, 0.6) is 0 Å². The first-order valence-corrected chi connectivity index (χ1v) is 10.4. The summed E-state index contributed by atoms with van der Waals surface area (Å²) in [7, 11) is 2.15. The molecule has 2 unspecified atom stereocenters. The highest BCUT2D eigenvalue weighted by atomic mass is 19.4. The summed E-state index contributed by atoms with van der Waals surface area (Å²) in [6.07, 6.45) is 0.465. The summed E-state index contributed by atoms with van der Waals surface area (Å²) >= 11 is 0. The highest BCUT2D eigenvalue weighted by Crippen LogP contribution is 2.34. The van der Waals surface area contributed by atoms with Crippen LogP contribution < -0.4 is 0 Å². The Morgan fingerprint density at radius 2 is 1.85 bits per heavy atom. The third-order valence-electron chi connectivity index (χ3n) is 6.00. The fraction of sp³-hybridized carbons (Fsp3) is 0.571. The second kappa shape index (κ2) is 10.0. The van der Waals surface area contributed by atoms with E-state index < -0.39 is 31.1 Å². The number of alkyl halides is 5. The van der Waals surface area contributed by atoms with Crippen LogP contribution in [0.15, 0.2) is 24.5 Å². The Bertz CT molecular complexity index is 980. The number of pyridine rings is 1. The van der Waals surface area contributed by atoms with E-state index in [4.69, 9.17) is 14.6 Å². The quantitative estimate of drug-likeness (QED) is 0.527. The van der Waals surface area contributed by atoms with Gasteiger partial charge in [0.05, 0.1) is 12.1 Å². The van der Waals surface area contributed by atoms with Crippen LogP contribution in [0.1, 0.15) is 42.5 Å². The minimum atomic E-state index is -5.08. The van der Waals surface area contributed by atoms with Crippen LogP contribution >= 0.6 is 0 Å². The van der Waals surface area contributed by atoms with E-state index in [9.17, 15) is 26.7 Å². The van der Waals surface area contributed by atoms with Crippen LogP contribution in [0.3, 0.4) is 0 Å². The molecule has 2 fully saturated rings. The fourth-order valence-electron chi connectivity index (χ4n) is 4.45. The summed E-state index contributed by atoms with van der Waals surface area (Å²) in [6.45, 7) is -0.487. The molecule has 2 atom stereocenters. The Kier molecular flexibility index (Phi) is 7.55. The molecule has 0 spiro atoms. The van der Waals surface area contributed by atoms with Crippen molar-refractivity contribution in [3.63, 3.8) is 0 Å². The molecule has 4 heterocycles. The van der Waals surface area contributed by atoms with Crippen LogP contribution in [0.25, 0.3) is 11.0 Å². The summed E-state index contributed by atoms with van der Waals surface area (Å²) in [5.41, 5.74) is 0.706. The smallest absolute Gasteiger partial charge is 0.475 e. The molecule has 0 amide bonds. The van der Waals surface area contributed by atoms with Gasteiger partial charge in [0.1, 0.15) is 11.8 Å². The van der Waals surface area contributed by atoms with Crippen molar-refractivity contribution in [2.75, 3.05) is 7.05 Å². The van der Waals surface area contributed by atoms with Gasteiger partial charge in [-0.15, -0.1) is 0 Å². The number of hydrogen-bond donors (Lipinski definition) is 1. The molecule has 0 radical (unpaired) electrons. The van der Waals surface area contributed by atoms with Crippen LogP contribution in [-0.4, -0.2) is 69.3 Å². The number of carbonyl (C=O) groups excluding carboxylic acids is 1. The summed E-state index contributed by atoms with van der Waals surface area (Å²) in [4.78, 5) is 28.2. The lowest BCUT2D eigenvalue weighted by atomic mass is 9.83. The van der Waals surface area contributed by atoms with Crippen LogP contribution in [0.2, 0.25) is 0 Å². The molecule has 12 heteroatoms. The van der Waals surface area contributed by atoms with Gasteiger partial charge in [-0.25, -0.2) is 23.4 Å². The molecule has 33 heavy (non-hydrogen) atoms. The first kappa shape index (κ1) is 24.9. The number of ether oxygens (including phenoxy) is 1. The number of fused-ring (bicyclic) bond motifs is 3. The lowest BCUT2D eigenvalue weighted by molar-refractivity contribution is -0.192. The van der Waals surface area contributed by atoms with E-state index in [0.29, 0.717) is 28.7 Å². The molecular weight excluding hydrogens is 453 g/mol. The summed E-state index contributed by atoms with van der Waals surface area (Å²) in [5, 5.41) is 7.69. The van der Waals surface area contributed by atoms with E-state index in [1.165, 1.54) is 23.4 Å². The number of carboxylic acid groups (broad SMARTS) is 1. The Hall–Kier alpha value is -2.76. The van der Waals surface area contributed by atoms with Gasteiger partial charge in [0.2, 0.25) is 0 Å². The van der Waals surface area contributed by atoms with Crippen molar-refractivity contribution in [1.29, 1.82) is 0 Å². The van der Waals surface area contributed by atoms with E-state index in [0.717, 1.165) is 25.7 Å². The predicted octanol–water partition coefficient (Wildman–Crippen LogP) is 4.11. The Labute approximate surface area is 186 Å². The average molecular weight is 477 g/mol. The lowest BCUT2D eigenvalue weighted by Gasteiger charge is -2.46. The van der Waals surface area contributed by atoms with Gasteiger partial charge in [0.25, 0.3) is 6.43 Å². The van der Waals surface area contributed by atoms with Gasteiger partial charge in [0.15, 0.2) is 0 Å². The third kappa shape index (κ3) is 5.98. The highest BCUT2D eigenvalue weighted by Gasteiger charge is 2.39. The minimum absolute atomic E-state index is 0.112. The molecule has 0 aromatic carbocycles. The molecular formula is C21H24F5N3O4. The molecule has 2 aliphatic rings. The second-order valence-electron chi connectivity index (χ2n) is 8.17. The van der Waals surface area contributed by atoms with E-state index >= 15 is 0 Å². The predicted molar refractivity (Wildman–Crippen MR) is 107 cm³/mol. The molecule has 182 valence electrons. The summed E-state index contributed by atoms with van der Waals surface area (Å²) in [5.74, 6) is -3.20. The molecule has 7 nitrogen and oxygen atoms in total. The molecule has 4 rings (SSSR count). The van der Waals surface area contributed by atoms with Crippen LogP contribution in [0, 0.1) is 0 Å². The van der Waals surface area contributed by atoms with E-state index in [2.05, 4.69) is 16.9 Å². The van der Waals surface area contributed by atoms with Gasteiger partial charge in [-0.1, -0.05) is 6.42 Å². The highest BCUT2D eigenvalue weighted by molar-refractivity contribution is 6.03. The van der Waals surface area contributed by atoms with Gasteiger partial charge >= 0.3 is 18.1 Å². The molecule has 0 aliphatic carbocycles. The van der Waals surface area contributed by atoms with Crippen molar-refractivity contribution in [3.05, 3.63) is 30.1 Å². The SMILES string of the molecule is CN1C2CCCC1CC(OC(=O)c1cn(CC(F)F)c3ncccc13)C2.O=C(O)C(F)(F)F. The number of piperidine rings is 2. The van der Waals surface area contributed by atoms with Gasteiger partial charge in [-0.3, -0.25) is 0 Å². The van der Waals surface area contributed by atoms with E-state index in [-0.39, 0.29) is 6.10 Å². The lowest BCUT2D eigenvalue weighted by Crippen LogP contribution is -2.52. The fourth-order valence-corrected chi connectivity index (χ4v) is 4.45. The largest absolute Gasteiger partial charge is 0.490 e.